The van der Waals surface area contributed by atoms with Gasteiger partial charge >= 0.3 is 23.9 Å². The van der Waals surface area contributed by atoms with Gasteiger partial charge in [-0.05, 0) is 5.56 Å². The van der Waals surface area contributed by atoms with E-state index in [1.807, 2.05) is 0 Å². The predicted molar refractivity (Wildman–Crippen MR) is 105 cm³/mol. The maximum Gasteiger partial charge on any atom is 0.303 e. The third-order valence-electron chi connectivity index (χ3n) is 4.24. The first-order valence-corrected chi connectivity index (χ1v) is 9.60. The molecule has 1 aromatic rings. The van der Waals surface area contributed by atoms with Crippen molar-refractivity contribution >= 4 is 36.5 Å². The summed E-state index contributed by atoms with van der Waals surface area (Å²) in [5, 5.41) is 0. The molecule has 1 unspecified atom stereocenters. The van der Waals surface area contributed by atoms with Crippen molar-refractivity contribution < 1.29 is 42.9 Å². The average molecular weight is 440 g/mol. The maximum atomic E-state index is 11.9. The summed E-state index contributed by atoms with van der Waals surface area (Å²) in [6.45, 7) is 4.39. The van der Waals surface area contributed by atoms with Gasteiger partial charge in [0.1, 0.15) is 12.7 Å². The molecule has 0 aromatic heterocycles. The lowest BCUT2D eigenvalue weighted by atomic mass is 9.89. The highest BCUT2D eigenvalue weighted by Gasteiger charge is 2.59. The Morgan fingerprint density at radius 3 is 1.90 bits per heavy atom. The topological polar surface area (TPSA) is 114 Å². The molecule has 0 amide bonds. The van der Waals surface area contributed by atoms with E-state index in [1.165, 1.54) is 13.8 Å². The van der Waals surface area contributed by atoms with Crippen molar-refractivity contribution in [1.82, 2.24) is 0 Å². The van der Waals surface area contributed by atoms with Gasteiger partial charge in [0.15, 0.2) is 23.2 Å². The molecule has 30 heavy (non-hydrogen) atoms. The Morgan fingerprint density at radius 2 is 1.40 bits per heavy atom. The van der Waals surface area contributed by atoms with Crippen LogP contribution in [0.1, 0.15) is 33.3 Å². The summed E-state index contributed by atoms with van der Waals surface area (Å²) in [5.74, 6) is -2.67. The Morgan fingerprint density at radius 1 is 0.867 bits per heavy atom. The molecule has 0 radical (unpaired) electrons. The van der Waals surface area contributed by atoms with Gasteiger partial charge in [-0.1, -0.05) is 30.3 Å². The number of hydrogen-bond donors (Lipinski definition) is 1. The summed E-state index contributed by atoms with van der Waals surface area (Å²) in [6, 6.07) is 8.59. The minimum atomic E-state index is -1.60. The van der Waals surface area contributed by atoms with Gasteiger partial charge in [-0.3, -0.25) is 19.2 Å². The SMILES string of the molecule is CC(=O)OC[C@H]1OC(S)(c2ccccc2)[C@@H](OC(C)=O)[C@@H](OC(C)=O)[C@@H]1OC(C)=O. The van der Waals surface area contributed by atoms with E-state index in [0.29, 0.717) is 5.56 Å². The monoisotopic (exact) mass is 440 g/mol. The zero-order valence-corrected chi connectivity index (χ0v) is 17.9. The van der Waals surface area contributed by atoms with Gasteiger partial charge in [-0.2, -0.15) is 0 Å². The number of rotatable bonds is 6. The Labute approximate surface area is 179 Å². The van der Waals surface area contributed by atoms with Crippen LogP contribution in [0.25, 0.3) is 0 Å². The molecule has 1 aromatic carbocycles. The van der Waals surface area contributed by atoms with Crippen LogP contribution in [0.5, 0.6) is 0 Å². The highest BCUT2D eigenvalue weighted by molar-refractivity contribution is 7.81. The van der Waals surface area contributed by atoms with Crippen LogP contribution in [0.3, 0.4) is 0 Å². The normalized spacial score (nSPS) is 28.2. The largest absolute Gasteiger partial charge is 0.463 e. The summed E-state index contributed by atoms with van der Waals surface area (Å²) in [4.78, 5) is 45.2. The van der Waals surface area contributed by atoms with Crippen LogP contribution in [-0.4, -0.2) is 54.9 Å². The maximum absolute atomic E-state index is 11.9. The first-order valence-electron chi connectivity index (χ1n) is 9.15. The predicted octanol–water partition coefficient (Wildman–Crippen LogP) is 1.53. The number of carbonyl (C=O) groups excluding carboxylic acids is 4. The molecule has 1 aliphatic heterocycles. The second-order valence-corrected chi connectivity index (χ2v) is 7.36. The second-order valence-electron chi connectivity index (χ2n) is 6.70. The highest BCUT2D eigenvalue weighted by atomic mass is 32.1. The minimum absolute atomic E-state index is 0.313. The Kier molecular flexibility index (Phi) is 7.85. The van der Waals surface area contributed by atoms with E-state index in [0.717, 1.165) is 13.8 Å². The number of ether oxygens (including phenoxy) is 5. The lowest BCUT2D eigenvalue weighted by Crippen LogP contribution is -2.64. The zero-order chi connectivity index (χ0) is 22.5. The molecule has 164 valence electrons. The van der Waals surface area contributed by atoms with Crippen molar-refractivity contribution in [3.05, 3.63) is 35.9 Å². The minimum Gasteiger partial charge on any atom is -0.463 e. The number of hydrogen-bond acceptors (Lipinski definition) is 10. The van der Waals surface area contributed by atoms with Crippen molar-refractivity contribution in [3.63, 3.8) is 0 Å². The molecule has 1 aliphatic rings. The Bertz CT molecular complexity index is 797. The van der Waals surface area contributed by atoms with Crippen LogP contribution < -0.4 is 0 Å². The van der Waals surface area contributed by atoms with Crippen LogP contribution in [0.15, 0.2) is 30.3 Å². The fraction of sp³-hybridized carbons (Fsp3) is 0.500. The highest BCUT2D eigenvalue weighted by Crippen LogP contribution is 2.45. The van der Waals surface area contributed by atoms with Gasteiger partial charge in [-0.15, -0.1) is 12.6 Å². The molecule has 5 atom stereocenters. The second kappa shape index (κ2) is 9.94. The van der Waals surface area contributed by atoms with Crippen LogP contribution in [-0.2, 0) is 47.8 Å². The Hall–Kier alpha value is -2.59. The van der Waals surface area contributed by atoms with Gasteiger partial charge in [0.05, 0.1) is 0 Å². The van der Waals surface area contributed by atoms with E-state index in [-0.39, 0.29) is 6.61 Å². The van der Waals surface area contributed by atoms with Crippen LogP contribution in [0.4, 0.5) is 0 Å². The van der Waals surface area contributed by atoms with Gasteiger partial charge in [0, 0.05) is 27.7 Å². The summed E-state index contributed by atoms with van der Waals surface area (Å²) in [5.41, 5.74) is 0.492. The van der Waals surface area contributed by atoms with Crippen LogP contribution >= 0.6 is 12.6 Å². The first kappa shape index (κ1) is 23.7. The van der Waals surface area contributed by atoms with Crippen molar-refractivity contribution in [1.29, 1.82) is 0 Å². The third kappa shape index (κ3) is 5.73. The zero-order valence-electron chi connectivity index (χ0n) is 17.0. The molecule has 1 fully saturated rings. The third-order valence-corrected chi connectivity index (χ3v) is 4.86. The molecule has 0 bridgehead atoms. The standard InChI is InChI=1S/C20H24O9S/c1-11(21)25-10-16-17(26-12(2)22)18(27-13(3)23)19(28-14(4)24)20(30,29-16)15-8-6-5-7-9-15/h5-9,16-19,30H,10H2,1-4H3/t16-,17-,18+,19+,20?/m1/s1. The Balaban J connectivity index is 2.59. The van der Waals surface area contributed by atoms with Gasteiger partial charge < -0.3 is 23.7 Å². The molecule has 10 heteroatoms. The molecule has 0 aliphatic carbocycles. The van der Waals surface area contributed by atoms with Crippen LogP contribution in [0.2, 0.25) is 0 Å². The van der Waals surface area contributed by atoms with Gasteiger partial charge in [-0.25, -0.2) is 0 Å². The van der Waals surface area contributed by atoms with E-state index in [4.69, 9.17) is 23.7 Å². The lowest BCUT2D eigenvalue weighted by molar-refractivity contribution is -0.264. The number of esters is 4. The van der Waals surface area contributed by atoms with Crippen molar-refractivity contribution in [2.24, 2.45) is 0 Å². The fourth-order valence-electron chi connectivity index (χ4n) is 3.19. The molecule has 0 spiro atoms. The molecule has 2 rings (SSSR count). The van der Waals surface area contributed by atoms with Crippen molar-refractivity contribution in [2.75, 3.05) is 6.61 Å². The molecular formula is C20H24O9S. The molecular weight excluding hydrogens is 416 g/mol. The number of thiol groups is 1. The summed E-state index contributed by atoms with van der Waals surface area (Å²) in [7, 11) is 0. The quantitative estimate of drug-likeness (QED) is 0.399. The molecule has 1 saturated heterocycles. The van der Waals surface area contributed by atoms with E-state index in [9.17, 15) is 19.2 Å². The molecule has 9 nitrogen and oxygen atoms in total. The van der Waals surface area contributed by atoms with E-state index in [1.54, 1.807) is 30.3 Å². The van der Waals surface area contributed by atoms with Crippen LogP contribution in [0, 0.1) is 0 Å². The lowest BCUT2D eigenvalue weighted by Gasteiger charge is -2.49. The van der Waals surface area contributed by atoms with Crippen molar-refractivity contribution in [2.45, 2.75) is 57.0 Å². The summed E-state index contributed by atoms with van der Waals surface area (Å²) < 4.78 is 27.3. The number of carbonyl (C=O) groups is 4. The van der Waals surface area contributed by atoms with Crippen molar-refractivity contribution in [3.8, 4) is 0 Å². The number of benzene rings is 1. The smallest absolute Gasteiger partial charge is 0.303 e. The fourth-order valence-corrected chi connectivity index (χ4v) is 3.67. The molecule has 0 saturated carbocycles. The van der Waals surface area contributed by atoms with E-state index in [2.05, 4.69) is 12.6 Å². The average Bonchev–Trinajstić information content (AvgIpc) is 2.65. The molecule has 0 N–H and O–H groups in total. The first-order chi connectivity index (χ1) is 14.0. The molecule has 1 heterocycles. The summed E-state index contributed by atoms with van der Waals surface area (Å²) >= 11 is 4.65. The van der Waals surface area contributed by atoms with E-state index < -0.39 is 53.2 Å². The summed E-state index contributed by atoms with van der Waals surface area (Å²) in [6.07, 6.45) is -4.84. The van der Waals surface area contributed by atoms with Gasteiger partial charge in [0.2, 0.25) is 0 Å². The van der Waals surface area contributed by atoms with Gasteiger partial charge in [0.25, 0.3) is 0 Å². The van der Waals surface area contributed by atoms with E-state index >= 15 is 0 Å².